The Hall–Kier alpha value is -3.46. The average Bonchev–Trinajstić information content (AvgIpc) is 3.77. The Balaban J connectivity index is 1.12. The lowest BCUT2D eigenvalue weighted by atomic mass is 9.90. The van der Waals surface area contributed by atoms with Gasteiger partial charge < -0.3 is 14.2 Å². The van der Waals surface area contributed by atoms with E-state index in [1.807, 2.05) is 48.5 Å². The van der Waals surface area contributed by atoms with Crippen molar-refractivity contribution in [3.05, 3.63) is 77.6 Å². The predicted octanol–water partition coefficient (Wildman–Crippen LogP) is 8.60. The number of hydrogen-bond acceptors (Lipinski definition) is 7. The lowest BCUT2D eigenvalue weighted by molar-refractivity contribution is 0.0261. The maximum Gasteiger partial charge on any atom is 0.195 e. The number of thiophene rings is 1. The monoisotopic (exact) mass is 656 g/mol. The average molecular weight is 657 g/mol. The van der Waals surface area contributed by atoms with Crippen LogP contribution in [0.5, 0.6) is 17.2 Å². The van der Waals surface area contributed by atoms with Crippen molar-refractivity contribution in [2.45, 2.75) is 69.9 Å². The van der Waals surface area contributed by atoms with Crippen molar-refractivity contribution in [1.82, 2.24) is 9.80 Å². The fourth-order valence-electron chi connectivity index (χ4n) is 7.57. The van der Waals surface area contributed by atoms with Crippen molar-refractivity contribution >= 4 is 27.2 Å². The molecule has 8 heteroatoms. The van der Waals surface area contributed by atoms with Gasteiger partial charge in [-0.05, 0) is 131 Å². The summed E-state index contributed by atoms with van der Waals surface area (Å²) >= 11 is 1.47. The molecule has 3 aliphatic rings. The van der Waals surface area contributed by atoms with E-state index in [0.717, 1.165) is 65.8 Å². The summed E-state index contributed by atoms with van der Waals surface area (Å²) in [5.74, 6) is 1.13. The number of carbonyl (C=O) groups is 1. The first-order chi connectivity index (χ1) is 23.1. The molecule has 0 amide bonds. The van der Waals surface area contributed by atoms with Crippen LogP contribution in [-0.4, -0.2) is 74.2 Å². The lowest BCUT2D eigenvalue weighted by Crippen LogP contribution is -2.49. The van der Waals surface area contributed by atoms with Gasteiger partial charge in [-0.3, -0.25) is 14.6 Å². The van der Waals surface area contributed by atoms with Gasteiger partial charge in [-0.15, -0.1) is 11.3 Å². The van der Waals surface area contributed by atoms with Crippen LogP contribution in [0.25, 0.3) is 20.5 Å². The second-order valence-electron chi connectivity index (χ2n) is 13.2. The van der Waals surface area contributed by atoms with Crippen molar-refractivity contribution in [2.24, 2.45) is 0 Å². The molecular weight excluding hydrogens is 612 g/mol. The summed E-state index contributed by atoms with van der Waals surface area (Å²) < 4.78 is 33.7. The number of carbonyl (C=O) groups excluding carboxylic acids is 1. The van der Waals surface area contributed by atoms with Crippen LogP contribution < -0.4 is 14.2 Å². The summed E-state index contributed by atoms with van der Waals surface area (Å²) in [6.07, 6.45) is 11.2. The van der Waals surface area contributed by atoms with Gasteiger partial charge in [0, 0.05) is 44.7 Å². The molecule has 2 aliphatic heterocycles. The Morgan fingerprint density at radius 2 is 1.55 bits per heavy atom. The number of nitrogens with zero attached hydrogens (tertiary/aromatic N) is 2. The molecule has 6 nitrogen and oxygen atoms in total. The molecule has 2 atom stereocenters. The van der Waals surface area contributed by atoms with E-state index in [0.29, 0.717) is 29.2 Å². The number of benzene rings is 3. The molecule has 1 unspecified atom stereocenters. The number of likely N-dealkylation sites (tertiary alicyclic amines) is 2. The van der Waals surface area contributed by atoms with Crippen molar-refractivity contribution < 1.29 is 23.4 Å². The van der Waals surface area contributed by atoms with Crippen LogP contribution in [0.2, 0.25) is 0 Å². The van der Waals surface area contributed by atoms with Crippen LogP contribution in [0.1, 0.15) is 73.7 Å². The Morgan fingerprint density at radius 1 is 0.851 bits per heavy atom. The molecule has 248 valence electrons. The number of fused-ring (bicyclic) bond motifs is 1. The molecule has 1 aromatic heterocycles. The third-order valence-electron chi connectivity index (χ3n) is 10.1. The Bertz CT molecular complexity index is 1660. The molecule has 3 aromatic carbocycles. The van der Waals surface area contributed by atoms with Gasteiger partial charge in [0.1, 0.15) is 24.2 Å². The molecule has 2 saturated heterocycles. The normalized spacial score (nSPS) is 20.8. The minimum absolute atomic E-state index is 0.142. The van der Waals surface area contributed by atoms with Gasteiger partial charge >= 0.3 is 0 Å². The SMILES string of the molecule is COc1cc2sc(-c3ccc(OCCN4CCCC4)cc3)c(C(=O)c3ccc(OC4CCCC[C@@H]4N4CCCCC4)cc3)c2cc1F. The van der Waals surface area contributed by atoms with E-state index in [4.69, 9.17) is 14.2 Å². The molecule has 0 spiro atoms. The molecule has 7 rings (SSSR count). The molecule has 47 heavy (non-hydrogen) atoms. The highest BCUT2D eigenvalue weighted by atomic mass is 32.1. The second kappa shape index (κ2) is 14.8. The molecule has 1 saturated carbocycles. The first-order valence-electron chi connectivity index (χ1n) is 17.4. The smallest absolute Gasteiger partial charge is 0.195 e. The fourth-order valence-corrected chi connectivity index (χ4v) is 8.79. The zero-order valence-electron chi connectivity index (χ0n) is 27.3. The van der Waals surface area contributed by atoms with E-state index in [1.54, 1.807) is 6.07 Å². The Morgan fingerprint density at radius 3 is 2.30 bits per heavy atom. The zero-order chi connectivity index (χ0) is 32.2. The van der Waals surface area contributed by atoms with E-state index in [1.165, 1.54) is 75.9 Å². The lowest BCUT2D eigenvalue weighted by Gasteiger charge is -2.41. The number of ether oxygens (including phenoxy) is 3. The predicted molar refractivity (Wildman–Crippen MR) is 187 cm³/mol. The van der Waals surface area contributed by atoms with Gasteiger partial charge in [-0.25, -0.2) is 4.39 Å². The minimum atomic E-state index is -0.486. The summed E-state index contributed by atoms with van der Waals surface area (Å²) in [5.41, 5.74) is 1.94. The quantitative estimate of drug-likeness (QED) is 0.151. The summed E-state index contributed by atoms with van der Waals surface area (Å²) in [6.45, 7) is 6.18. The maximum atomic E-state index is 15.0. The highest BCUT2D eigenvalue weighted by molar-refractivity contribution is 7.22. The highest BCUT2D eigenvalue weighted by Gasteiger charge is 2.32. The molecule has 1 aliphatic carbocycles. The number of piperidine rings is 1. The molecule has 0 bridgehead atoms. The molecule has 3 heterocycles. The summed E-state index contributed by atoms with van der Waals surface area (Å²) in [5, 5.41) is 0.589. The third-order valence-corrected chi connectivity index (χ3v) is 11.3. The van der Waals surface area contributed by atoms with Gasteiger partial charge in [0.25, 0.3) is 0 Å². The molecular formula is C39H45FN2O4S. The Labute approximate surface area is 281 Å². The standard InChI is InChI=1S/C39H45FN2O4S/c1-44-35-26-36-31(25-32(35)40)37(39(47-36)28-13-15-29(16-14-28)45-24-23-41-19-7-8-20-41)38(43)27-11-17-30(18-12-27)46-34-10-4-3-9-33(34)42-21-5-2-6-22-42/h11-18,25-26,33-34H,2-10,19-24H2,1H3/t33-,34?/m0/s1. The summed E-state index contributed by atoms with van der Waals surface area (Å²) in [6, 6.07) is 19.0. The van der Waals surface area contributed by atoms with E-state index in [9.17, 15) is 4.79 Å². The first-order valence-corrected chi connectivity index (χ1v) is 18.2. The highest BCUT2D eigenvalue weighted by Crippen LogP contribution is 2.42. The number of halogens is 1. The van der Waals surface area contributed by atoms with E-state index < -0.39 is 5.82 Å². The van der Waals surface area contributed by atoms with E-state index in [-0.39, 0.29) is 17.6 Å². The van der Waals surface area contributed by atoms with Crippen LogP contribution in [0.15, 0.2) is 60.7 Å². The van der Waals surface area contributed by atoms with Crippen molar-refractivity contribution in [3.8, 4) is 27.7 Å². The first kappa shape index (κ1) is 32.1. The molecule has 0 N–H and O–H groups in total. The van der Waals surface area contributed by atoms with Crippen LogP contribution >= 0.6 is 11.3 Å². The van der Waals surface area contributed by atoms with Gasteiger partial charge in [0.15, 0.2) is 17.3 Å². The van der Waals surface area contributed by atoms with Gasteiger partial charge in [0.05, 0.1) is 7.11 Å². The molecule has 4 aromatic rings. The summed E-state index contributed by atoms with van der Waals surface area (Å²) in [7, 11) is 1.46. The van der Waals surface area contributed by atoms with Crippen LogP contribution in [-0.2, 0) is 0 Å². The topological polar surface area (TPSA) is 51.2 Å². The van der Waals surface area contributed by atoms with E-state index in [2.05, 4.69) is 9.80 Å². The number of ketones is 1. The van der Waals surface area contributed by atoms with Crippen LogP contribution in [0.3, 0.4) is 0 Å². The third kappa shape index (κ3) is 7.20. The van der Waals surface area contributed by atoms with Crippen molar-refractivity contribution in [2.75, 3.05) is 46.4 Å². The molecule has 0 radical (unpaired) electrons. The van der Waals surface area contributed by atoms with Gasteiger partial charge in [-0.2, -0.15) is 0 Å². The molecule has 3 fully saturated rings. The van der Waals surface area contributed by atoms with E-state index >= 15 is 4.39 Å². The number of hydrogen-bond donors (Lipinski definition) is 0. The van der Waals surface area contributed by atoms with Crippen molar-refractivity contribution in [3.63, 3.8) is 0 Å². The summed E-state index contributed by atoms with van der Waals surface area (Å²) in [4.78, 5) is 20.1. The van der Waals surface area contributed by atoms with Gasteiger partial charge in [0.2, 0.25) is 0 Å². The Kier molecular flexibility index (Phi) is 10.1. The number of methoxy groups -OCH3 is 1. The van der Waals surface area contributed by atoms with Crippen LogP contribution in [0, 0.1) is 5.82 Å². The maximum absolute atomic E-state index is 15.0. The van der Waals surface area contributed by atoms with Gasteiger partial charge in [-0.1, -0.05) is 12.8 Å². The number of rotatable bonds is 11. The van der Waals surface area contributed by atoms with Crippen LogP contribution in [0.4, 0.5) is 4.39 Å². The zero-order valence-corrected chi connectivity index (χ0v) is 28.2. The largest absolute Gasteiger partial charge is 0.494 e. The fraction of sp³-hybridized carbons (Fsp3) is 0.462. The minimum Gasteiger partial charge on any atom is -0.494 e. The van der Waals surface area contributed by atoms with Crippen molar-refractivity contribution in [1.29, 1.82) is 0 Å². The second-order valence-corrected chi connectivity index (χ2v) is 14.2.